The van der Waals surface area contributed by atoms with E-state index in [-0.39, 0.29) is 0 Å². The molecule has 0 saturated carbocycles. The number of rotatable bonds is 5. The summed E-state index contributed by atoms with van der Waals surface area (Å²) in [4.78, 5) is 8.31. The van der Waals surface area contributed by atoms with Crippen molar-refractivity contribution in [3.8, 4) is 67.8 Å². The quantitative estimate of drug-likeness (QED) is 0.167. The van der Waals surface area contributed by atoms with Gasteiger partial charge in [-0.15, -0.1) is 0 Å². The second-order valence-corrected chi connectivity index (χ2v) is 13.9. The van der Waals surface area contributed by atoms with Gasteiger partial charge in [0.1, 0.15) is 23.5 Å². The number of fused-ring (bicyclic) bond motifs is 4. The molecule has 56 heavy (non-hydrogen) atoms. The largest absolute Gasteiger partial charge is 0.246 e. The second-order valence-electron chi connectivity index (χ2n) is 13.9. The highest BCUT2D eigenvalue weighted by Gasteiger charge is 2.22. The summed E-state index contributed by atoms with van der Waals surface area (Å²) in [5, 5.41) is 28.4. The Morgan fingerprint density at radius 2 is 0.554 bits per heavy atom. The molecule has 0 aliphatic carbocycles. The summed E-state index contributed by atoms with van der Waals surface area (Å²) in [5.74, 6) is 0. The van der Waals surface area contributed by atoms with Crippen molar-refractivity contribution in [3.63, 3.8) is 0 Å². The maximum atomic E-state index is 9.43. The zero-order valence-corrected chi connectivity index (χ0v) is 30.1. The van der Waals surface area contributed by atoms with Gasteiger partial charge in [-0.3, -0.25) is 0 Å². The van der Waals surface area contributed by atoms with E-state index in [2.05, 4.69) is 168 Å². The van der Waals surface area contributed by atoms with Crippen molar-refractivity contribution in [2.75, 3.05) is 0 Å². The predicted molar refractivity (Wildman–Crippen MR) is 229 cm³/mol. The zero-order valence-electron chi connectivity index (χ0n) is 30.1. The minimum Gasteiger partial charge on any atom is -0.246 e. The van der Waals surface area contributed by atoms with E-state index < -0.39 is 0 Å². The third-order valence-corrected chi connectivity index (χ3v) is 10.9. The Morgan fingerprint density at radius 1 is 0.286 bits per heavy atom. The van der Waals surface area contributed by atoms with E-state index in [1.807, 2.05) is 24.3 Å². The lowest BCUT2D eigenvalue weighted by Gasteiger charge is -2.22. The molecule has 0 spiro atoms. The van der Waals surface area contributed by atoms with Gasteiger partial charge in [0.15, 0.2) is 0 Å². The highest BCUT2D eigenvalue weighted by atomic mass is 14.7. The number of hydrogen-bond acceptors (Lipinski definition) is 4. The molecule has 0 atom stereocenters. The van der Waals surface area contributed by atoms with E-state index in [9.17, 15) is 10.5 Å². The third kappa shape index (κ3) is 5.37. The Balaban J connectivity index is 1.21. The van der Waals surface area contributed by atoms with E-state index in [1.165, 1.54) is 65.3 Å². The number of nitriles is 2. The molecule has 0 saturated heterocycles. The van der Waals surface area contributed by atoms with Gasteiger partial charge >= 0.3 is 0 Å². The predicted octanol–water partition coefficient (Wildman–Crippen LogP) is 13.2. The fourth-order valence-corrected chi connectivity index (χ4v) is 8.42. The highest BCUT2D eigenvalue weighted by molar-refractivity contribution is 6.30. The van der Waals surface area contributed by atoms with Crippen molar-refractivity contribution in [2.24, 2.45) is 0 Å². The fourth-order valence-electron chi connectivity index (χ4n) is 8.42. The van der Waals surface area contributed by atoms with Crippen molar-refractivity contribution >= 4 is 43.1 Å². The highest BCUT2D eigenvalue weighted by Crippen LogP contribution is 2.50. The van der Waals surface area contributed by atoms with Crippen molar-refractivity contribution in [3.05, 3.63) is 194 Å². The van der Waals surface area contributed by atoms with E-state index >= 15 is 0 Å². The summed E-state index contributed by atoms with van der Waals surface area (Å²) in [6.07, 6.45) is 3.38. The number of benzene rings is 8. The number of hydrogen-bond donors (Lipinski definition) is 0. The molecule has 0 unspecified atom stereocenters. The number of aromatic nitrogens is 2. The van der Waals surface area contributed by atoms with Gasteiger partial charge in [-0.05, 0) is 123 Å². The van der Waals surface area contributed by atoms with Gasteiger partial charge in [0.2, 0.25) is 0 Å². The molecule has 2 heterocycles. The van der Waals surface area contributed by atoms with Gasteiger partial charge in [-0.2, -0.15) is 10.5 Å². The Labute approximate surface area is 323 Å². The smallest absolute Gasteiger partial charge is 0.141 e. The van der Waals surface area contributed by atoms with Crippen LogP contribution in [0.15, 0.2) is 182 Å². The van der Waals surface area contributed by atoms with Crippen LogP contribution >= 0.6 is 0 Å². The van der Waals surface area contributed by atoms with Crippen LogP contribution in [0.3, 0.4) is 0 Å². The van der Waals surface area contributed by atoms with Crippen molar-refractivity contribution in [2.45, 2.75) is 0 Å². The van der Waals surface area contributed by atoms with Crippen LogP contribution in [0, 0.1) is 22.7 Å². The molecule has 0 amide bonds. The van der Waals surface area contributed by atoms with E-state index in [0.717, 1.165) is 33.4 Å². The fraction of sp³-hybridized carbons (Fsp3) is 0. The zero-order chi connectivity index (χ0) is 37.6. The van der Waals surface area contributed by atoms with Crippen molar-refractivity contribution in [1.29, 1.82) is 10.5 Å². The molecule has 4 nitrogen and oxygen atoms in total. The van der Waals surface area contributed by atoms with Crippen molar-refractivity contribution in [1.82, 2.24) is 9.97 Å². The molecule has 0 aliphatic rings. The molecule has 10 rings (SSSR count). The van der Waals surface area contributed by atoms with Crippen LogP contribution in [0.4, 0.5) is 0 Å². The first-order chi connectivity index (χ1) is 27.7. The van der Waals surface area contributed by atoms with Crippen LogP contribution in [-0.4, -0.2) is 9.97 Å². The van der Waals surface area contributed by atoms with Crippen molar-refractivity contribution < 1.29 is 0 Å². The van der Waals surface area contributed by atoms with Gasteiger partial charge in [0.25, 0.3) is 0 Å². The van der Waals surface area contributed by atoms with Crippen LogP contribution in [-0.2, 0) is 0 Å². The lowest BCUT2D eigenvalue weighted by atomic mass is 9.81. The first kappa shape index (κ1) is 32.7. The molecular formula is C52H30N4. The Morgan fingerprint density at radius 3 is 0.839 bits per heavy atom. The van der Waals surface area contributed by atoms with Gasteiger partial charge in [-0.1, -0.05) is 146 Å². The molecule has 4 heteroatoms. The second kappa shape index (κ2) is 13.5. The summed E-state index contributed by atoms with van der Waals surface area (Å²) in [6, 6.07) is 64.4. The summed E-state index contributed by atoms with van der Waals surface area (Å²) in [5.41, 5.74) is 11.9. The summed E-state index contributed by atoms with van der Waals surface area (Å²) in [6.45, 7) is 0. The molecule has 8 aromatic carbocycles. The normalized spacial score (nSPS) is 11.2. The third-order valence-electron chi connectivity index (χ3n) is 10.9. The van der Waals surface area contributed by atoms with Gasteiger partial charge < -0.3 is 0 Å². The molecule has 0 fully saturated rings. The summed E-state index contributed by atoms with van der Waals surface area (Å²) in [7, 11) is 0. The van der Waals surface area contributed by atoms with Crippen LogP contribution in [0.25, 0.3) is 98.7 Å². The standard InChI is InChI=1S/C52H30N4/c53-31-39-29-37(25-27-55-39)33-17-21-35(22-18-33)49-41-9-1-5-13-45(41)51(46-14-6-2-10-42(46)49)52-47-15-7-3-11-43(47)50(44-12-4-8-16-48(44)52)36-23-19-34(20-24-36)38-26-28-56-40(30-38)32-54/h1-30H. The Hall–Kier alpha value is -7.92. The Bertz CT molecular complexity index is 2920. The lowest BCUT2D eigenvalue weighted by Crippen LogP contribution is -1.94. The van der Waals surface area contributed by atoms with Gasteiger partial charge in [0, 0.05) is 12.4 Å². The first-order valence-electron chi connectivity index (χ1n) is 18.5. The lowest BCUT2D eigenvalue weighted by molar-refractivity contribution is 1.26. The monoisotopic (exact) mass is 710 g/mol. The van der Waals surface area contributed by atoms with Gasteiger partial charge in [-0.25, -0.2) is 9.97 Å². The molecule has 0 radical (unpaired) electrons. The molecule has 258 valence electrons. The molecule has 2 aromatic heterocycles. The van der Waals surface area contributed by atoms with E-state index in [1.54, 1.807) is 12.4 Å². The SMILES string of the molecule is N#Cc1cc(-c2ccc(-c3c4ccccc4c(-c4c5ccccc5c(-c5ccc(-c6ccnc(C#N)c6)cc5)c5ccccc45)c4ccccc34)cc2)ccn1. The number of nitrogens with zero attached hydrogens (tertiary/aromatic N) is 4. The van der Waals surface area contributed by atoms with Crippen LogP contribution < -0.4 is 0 Å². The van der Waals surface area contributed by atoms with Crippen LogP contribution in [0.2, 0.25) is 0 Å². The summed E-state index contributed by atoms with van der Waals surface area (Å²) >= 11 is 0. The van der Waals surface area contributed by atoms with E-state index in [0.29, 0.717) is 11.4 Å². The number of pyridine rings is 2. The molecule has 0 aliphatic heterocycles. The molecule has 0 N–H and O–H groups in total. The molecular weight excluding hydrogens is 681 g/mol. The maximum absolute atomic E-state index is 9.43. The molecule has 0 bridgehead atoms. The topological polar surface area (TPSA) is 73.4 Å². The van der Waals surface area contributed by atoms with Crippen LogP contribution in [0.5, 0.6) is 0 Å². The minimum absolute atomic E-state index is 0.405. The first-order valence-corrected chi connectivity index (χ1v) is 18.5. The van der Waals surface area contributed by atoms with E-state index in [4.69, 9.17) is 0 Å². The van der Waals surface area contributed by atoms with Gasteiger partial charge in [0.05, 0.1) is 0 Å². The molecule has 10 aromatic rings. The minimum atomic E-state index is 0.405. The van der Waals surface area contributed by atoms with Crippen LogP contribution in [0.1, 0.15) is 11.4 Å². The maximum Gasteiger partial charge on any atom is 0.141 e. The average molecular weight is 711 g/mol. The average Bonchev–Trinajstić information content (AvgIpc) is 3.28. The Kier molecular flexibility index (Phi) is 7.88. The summed E-state index contributed by atoms with van der Waals surface area (Å²) < 4.78 is 0.